The van der Waals surface area contributed by atoms with E-state index in [4.69, 9.17) is 9.72 Å². The molecule has 3 aromatic rings. The Morgan fingerprint density at radius 1 is 1.23 bits per heavy atom. The Morgan fingerprint density at radius 3 is 2.96 bits per heavy atom. The Kier molecular flexibility index (Phi) is 4.34. The fraction of sp³-hybridized carbons (Fsp3) is 0.421. The molecule has 0 aromatic carbocycles. The maximum Gasteiger partial charge on any atom is 0.181 e. The third-order valence-electron chi connectivity index (χ3n) is 5.18. The third-order valence-corrected chi connectivity index (χ3v) is 5.18. The molecule has 7 heteroatoms. The van der Waals surface area contributed by atoms with Crippen LogP contribution in [-0.4, -0.2) is 58.6 Å². The van der Waals surface area contributed by atoms with Gasteiger partial charge < -0.3 is 15.0 Å². The van der Waals surface area contributed by atoms with Crippen molar-refractivity contribution in [1.82, 2.24) is 25.5 Å². The minimum Gasteiger partial charge on any atom is -0.377 e. The Balaban J connectivity index is 1.64. The van der Waals surface area contributed by atoms with Crippen LogP contribution in [0.3, 0.4) is 0 Å². The SMILES string of the molecule is COC(C)(C)C1CN(c2cccc(-c3[nH]nc4ncccc34)n2)CCN1. The van der Waals surface area contributed by atoms with E-state index < -0.39 is 0 Å². The topological polar surface area (TPSA) is 79.0 Å². The number of nitrogens with zero attached hydrogens (tertiary/aromatic N) is 4. The van der Waals surface area contributed by atoms with Gasteiger partial charge in [-0.15, -0.1) is 0 Å². The molecule has 0 radical (unpaired) electrons. The molecule has 2 N–H and O–H groups in total. The molecule has 0 amide bonds. The van der Waals surface area contributed by atoms with Gasteiger partial charge in [0.1, 0.15) is 5.82 Å². The van der Waals surface area contributed by atoms with Crippen LogP contribution in [0.15, 0.2) is 36.5 Å². The van der Waals surface area contributed by atoms with Gasteiger partial charge in [-0.1, -0.05) is 6.07 Å². The van der Waals surface area contributed by atoms with Gasteiger partial charge >= 0.3 is 0 Å². The fourth-order valence-corrected chi connectivity index (χ4v) is 3.35. The summed E-state index contributed by atoms with van der Waals surface area (Å²) in [5.41, 5.74) is 2.25. The Labute approximate surface area is 152 Å². The number of hydrogen-bond acceptors (Lipinski definition) is 6. The van der Waals surface area contributed by atoms with Crippen LogP contribution in [-0.2, 0) is 4.74 Å². The highest BCUT2D eigenvalue weighted by Gasteiger charge is 2.33. The summed E-state index contributed by atoms with van der Waals surface area (Å²) in [5, 5.41) is 11.9. The summed E-state index contributed by atoms with van der Waals surface area (Å²) >= 11 is 0. The number of pyridine rings is 2. The number of rotatable bonds is 4. The van der Waals surface area contributed by atoms with Gasteiger partial charge in [-0.3, -0.25) is 5.10 Å². The van der Waals surface area contributed by atoms with E-state index in [1.54, 1.807) is 13.3 Å². The summed E-state index contributed by atoms with van der Waals surface area (Å²) in [6.45, 7) is 6.89. The molecule has 0 aliphatic carbocycles. The number of ether oxygens (including phenoxy) is 1. The minimum atomic E-state index is -0.235. The van der Waals surface area contributed by atoms with Crippen molar-refractivity contribution in [1.29, 1.82) is 0 Å². The minimum absolute atomic E-state index is 0.235. The molecule has 1 fully saturated rings. The third kappa shape index (κ3) is 3.04. The molecule has 7 nitrogen and oxygen atoms in total. The number of methoxy groups -OCH3 is 1. The van der Waals surface area contributed by atoms with E-state index in [9.17, 15) is 0 Å². The van der Waals surface area contributed by atoms with E-state index in [2.05, 4.69) is 45.3 Å². The van der Waals surface area contributed by atoms with Gasteiger partial charge in [-0.2, -0.15) is 5.10 Å². The van der Waals surface area contributed by atoms with E-state index in [1.807, 2.05) is 24.3 Å². The van der Waals surface area contributed by atoms with Crippen molar-refractivity contribution in [2.24, 2.45) is 0 Å². The molecule has 26 heavy (non-hydrogen) atoms. The van der Waals surface area contributed by atoms with Crippen LogP contribution in [0, 0.1) is 0 Å². The molecule has 3 aromatic heterocycles. The van der Waals surface area contributed by atoms with Gasteiger partial charge in [0.15, 0.2) is 5.65 Å². The molecule has 1 aliphatic rings. The first-order valence-electron chi connectivity index (χ1n) is 8.88. The second kappa shape index (κ2) is 6.66. The van der Waals surface area contributed by atoms with E-state index in [1.165, 1.54) is 0 Å². The lowest BCUT2D eigenvalue weighted by Crippen LogP contribution is -2.60. The van der Waals surface area contributed by atoms with Crippen molar-refractivity contribution >= 4 is 16.9 Å². The number of nitrogens with one attached hydrogen (secondary N) is 2. The molecule has 0 bridgehead atoms. The second-order valence-corrected chi connectivity index (χ2v) is 7.11. The number of fused-ring (bicyclic) bond motifs is 1. The summed E-state index contributed by atoms with van der Waals surface area (Å²) in [5.74, 6) is 0.965. The summed E-state index contributed by atoms with van der Waals surface area (Å²) in [6.07, 6.45) is 1.75. The first kappa shape index (κ1) is 16.9. The normalized spacial score (nSPS) is 18.4. The molecule has 136 valence electrons. The smallest absolute Gasteiger partial charge is 0.181 e. The number of piperazine rings is 1. The number of anilines is 1. The fourth-order valence-electron chi connectivity index (χ4n) is 3.35. The average molecular weight is 352 g/mol. The summed E-state index contributed by atoms with van der Waals surface area (Å²) in [6, 6.07) is 10.3. The zero-order valence-electron chi connectivity index (χ0n) is 15.4. The van der Waals surface area contributed by atoms with Gasteiger partial charge in [0.2, 0.25) is 0 Å². The van der Waals surface area contributed by atoms with Gasteiger partial charge in [-0.05, 0) is 38.1 Å². The van der Waals surface area contributed by atoms with E-state index >= 15 is 0 Å². The van der Waals surface area contributed by atoms with E-state index in [-0.39, 0.29) is 11.6 Å². The van der Waals surface area contributed by atoms with Crippen LogP contribution >= 0.6 is 0 Å². The van der Waals surface area contributed by atoms with Crippen LogP contribution in [0.2, 0.25) is 0 Å². The molecule has 4 heterocycles. The zero-order valence-corrected chi connectivity index (χ0v) is 15.4. The van der Waals surface area contributed by atoms with Crippen molar-refractivity contribution < 1.29 is 4.74 Å². The molecule has 1 unspecified atom stereocenters. The van der Waals surface area contributed by atoms with Crippen molar-refractivity contribution in [3.8, 4) is 11.4 Å². The van der Waals surface area contributed by atoms with Crippen LogP contribution in [0.4, 0.5) is 5.82 Å². The number of hydrogen-bond donors (Lipinski definition) is 2. The van der Waals surface area contributed by atoms with Crippen LogP contribution in [0.5, 0.6) is 0 Å². The van der Waals surface area contributed by atoms with Crippen LogP contribution < -0.4 is 10.2 Å². The first-order chi connectivity index (χ1) is 12.6. The first-order valence-corrected chi connectivity index (χ1v) is 8.88. The highest BCUT2D eigenvalue weighted by molar-refractivity contribution is 5.89. The number of aromatic nitrogens is 4. The lowest BCUT2D eigenvalue weighted by atomic mass is 9.96. The van der Waals surface area contributed by atoms with Crippen LogP contribution in [0.1, 0.15) is 13.8 Å². The van der Waals surface area contributed by atoms with Gasteiger partial charge in [0.25, 0.3) is 0 Å². The average Bonchev–Trinajstić information content (AvgIpc) is 3.12. The van der Waals surface area contributed by atoms with E-state index in [0.717, 1.165) is 42.2 Å². The molecule has 4 rings (SSSR count). The Morgan fingerprint density at radius 2 is 2.12 bits per heavy atom. The largest absolute Gasteiger partial charge is 0.377 e. The highest BCUT2D eigenvalue weighted by Crippen LogP contribution is 2.26. The predicted molar refractivity (Wildman–Crippen MR) is 102 cm³/mol. The maximum absolute atomic E-state index is 5.66. The Bertz CT molecular complexity index is 906. The molecule has 1 saturated heterocycles. The quantitative estimate of drug-likeness (QED) is 0.750. The van der Waals surface area contributed by atoms with Gasteiger partial charge in [-0.25, -0.2) is 9.97 Å². The maximum atomic E-state index is 5.66. The molecular weight excluding hydrogens is 328 g/mol. The lowest BCUT2D eigenvalue weighted by molar-refractivity contribution is -0.0108. The summed E-state index contributed by atoms with van der Waals surface area (Å²) in [7, 11) is 1.76. The number of H-pyrrole nitrogens is 1. The molecule has 1 aliphatic heterocycles. The summed E-state index contributed by atoms with van der Waals surface area (Å²) in [4.78, 5) is 11.5. The van der Waals surface area contributed by atoms with Crippen molar-refractivity contribution in [3.63, 3.8) is 0 Å². The van der Waals surface area contributed by atoms with Crippen molar-refractivity contribution in [2.75, 3.05) is 31.6 Å². The molecular formula is C19H24N6O. The lowest BCUT2D eigenvalue weighted by Gasteiger charge is -2.41. The molecule has 1 atom stereocenters. The standard InChI is InChI=1S/C19H24N6O/c1-19(2,26-3)15-12-25(11-10-20-15)16-8-4-7-14(22-16)17-13-6-5-9-21-18(13)24-23-17/h4-9,15,20H,10-12H2,1-3H3,(H,21,23,24). The van der Waals surface area contributed by atoms with Gasteiger partial charge in [0.05, 0.1) is 23.0 Å². The van der Waals surface area contributed by atoms with Crippen LogP contribution in [0.25, 0.3) is 22.4 Å². The van der Waals surface area contributed by atoms with Crippen molar-refractivity contribution in [3.05, 3.63) is 36.5 Å². The number of aromatic amines is 1. The molecule has 0 spiro atoms. The monoisotopic (exact) mass is 352 g/mol. The summed E-state index contributed by atoms with van der Waals surface area (Å²) < 4.78 is 5.66. The predicted octanol–water partition coefficient (Wildman–Crippen LogP) is 2.22. The highest BCUT2D eigenvalue weighted by atomic mass is 16.5. The second-order valence-electron chi connectivity index (χ2n) is 7.11. The molecule has 0 saturated carbocycles. The van der Waals surface area contributed by atoms with Gasteiger partial charge in [0, 0.05) is 38.3 Å². The zero-order chi connectivity index (χ0) is 18.1. The Hall–Kier alpha value is -2.51. The van der Waals surface area contributed by atoms with Crippen molar-refractivity contribution in [2.45, 2.75) is 25.5 Å². The van der Waals surface area contributed by atoms with E-state index in [0.29, 0.717) is 5.65 Å².